The second-order valence-corrected chi connectivity index (χ2v) is 9.23. The van der Waals surface area contributed by atoms with Crippen LogP contribution in [0.2, 0.25) is 0 Å². The smallest absolute Gasteiger partial charge is 0.231 e. The normalized spacial score (nSPS) is 12.1. The number of imidazole rings is 1. The lowest BCUT2D eigenvalue weighted by Crippen LogP contribution is -2.30. The number of rotatable bonds is 8. The largest absolute Gasteiger partial charge is 0.342 e. The molecule has 5 nitrogen and oxygen atoms in total. The summed E-state index contributed by atoms with van der Waals surface area (Å²) in [7, 11) is 0. The average molecular weight is 449 g/mol. The number of aromatic nitrogens is 3. The highest BCUT2D eigenvalue weighted by Gasteiger charge is 2.20. The van der Waals surface area contributed by atoms with Crippen LogP contribution in [0.3, 0.4) is 0 Å². The van der Waals surface area contributed by atoms with Gasteiger partial charge >= 0.3 is 0 Å². The maximum Gasteiger partial charge on any atom is 0.231 e. The van der Waals surface area contributed by atoms with Crippen molar-refractivity contribution >= 4 is 29.0 Å². The van der Waals surface area contributed by atoms with Crippen LogP contribution in [-0.4, -0.2) is 26.2 Å². The number of thioether (sulfide) groups is 1. The van der Waals surface area contributed by atoms with E-state index < -0.39 is 0 Å². The Balaban J connectivity index is 1.48. The van der Waals surface area contributed by atoms with Crippen LogP contribution in [0.1, 0.15) is 41.9 Å². The van der Waals surface area contributed by atoms with Gasteiger partial charge in [0.15, 0.2) is 5.16 Å². The number of carbonyl (C=O) groups is 1. The topological polar surface area (TPSA) is 59.8 Å². The van der Waals surface area contributed by atoms with Crippen molar-refractivity contribution in [1.82, 2.24) is 19.9 Å². The molecule has 31 heavy (non-hydrogen) atoms. The van der Waals surface area contributed by atoms with E-state index in [1.165, 1.54) is 28.7 Å². The number of nitrogens with zero attached hydrogens (tertiary/aromatic N) is 3. The van der Waals surface area contributed by atoms with E-state index in [1.807, 2.05) is 48.0 Å². The molecule has 0 saturated heterocycles. The highest BCUT2D eigenvalue weighted by atomic mass is 32.2. The number of thiazole rings is 1. The lowest BCUT2D eigenvalue weighted by molar-refractivity contribution is -0.119. The van der Waals surface area contributed by atoms with Crippen molar-refractivity contribution in [1.29, 1.82) is 0 Å². The van der Waals surface area contributed by atoms with Crippen molar-refractivity contribution in [3.05, 3.63) is 94.7 Å². The molecular weight excluding hydrogens is 424 g/mol. The Kier molecular flexibility index (Phi) is 6.84. The third-order valence-corrected chi connectivity index (χ3v) is 6.70. The summed E-state index contributed by atoms with van der Waals surface area (Å²) in [5.74, 6) is 0.612. The van der Waals surface area contributed by atoms with Crippen molar-refractivity contribution in [3.63, 3.8) is 0 Å². The highest BCUT2D eigenvalue weighted by Crippen LogP contribution is 2.28. The van der Waals surface area contributed by atoms with Crippen LogP contribution in [0, 0.1) is 0 Å². The molecule has 4 rings (SSSR count). The van der Waals surface area contributed by atoms with Gasteiger partial charge in [-0.3, -0.25) is 9.36 Å². The molecule has 0 bridgehead atoms. The molecule has 0 aliphatic carbocycles. The molecule has 158 valence electrons. The van der Waals surface area contributed by atoms with Gasteiger partial charge in [-0.15, -0.1) is 11.3 Å². The van der Waals surface area contributed by atoms with Crippen LogP contribution in [-0.2, 0) is 4.79 Å². The second kappa shape index (κ2) is 9.94. The minimum Gasteiger partial charge on any atom is -0.342 e. The van der Waals surface area contributed by atoms with E-state index in [0.717, 1.165) is 21.4 Å². The first-order valence-corrected chi connectivity index (χ1v) is 12.0. The fourth-order valence-electron chi connectivity index (χ4n) is 3.42. The molecule has 0 spiro atoms. The molecule has 7 heteroatoms. The number of amides is 1. The van der Waals surface area contributed by atoms with Crippen LogP contribution in [0.25, 0.3) is 5.69 Å². The van der Waals surface area contributed by atoms with E-state index in [1.54, 1.807) is 12.4 Å². The fraction of sp³-hybridized carbons (Fsp3) is 0.208. The van der Waals surface area contributed by atoms with Gasteiger partial charge in [0, 0.05) is 24.0 Å². The number of benzene rings is 2. The summed E-state index contributed by atoms with van der Waals surface area (Å²) in [5.41, 5.74) is 3.37. The zero-order valence-corrected chi connectivity index (χ0v) is 19.1. The SMILES string of the molecule is CC(C)c1ccccc1-n1ccnc1SCC(=O)NC(c1ccccc1)c1nccs1. The molecule has 1 amide bonds. The first kappa shape index (κ1) is 21.3. The van der Waals surface area contributed by atoms with Gasteiger partial charge < -0.3 is 5.32 Å². The third kappa shape index (κ3) is 5.06. The maximum absolute atomic E-state index is 12.8. The monoisotopic (exact) mass is 448 g/mol. The molecule has 0 radical (unpaired) electrons. The Bertz CT molecular complexity index is 1120. The first-order valence-electron chi connectivity index (χ1n) is 10.1. The van der Waals surface area contributed by atoms with E-state index in [2.05, 4.69) is 51.9 Å². The summed E-state index contributed by atoms with van der Waals surface area (Å²) in [6.45, 7) is 4.36. The number of nitrogens with one attached hydrogen (secondary N) is 1. The van der Waals surface area contributed by atoms with E-state index in [4.69, 9.17) is 0 Å². The van der Waals surface area contributed by atoms with Crippen molar-refractivity contribution in [2.75, 3.05) is 5.75 Å². The van der Waals surface area contributed by atoms with Crippen molar-refractivity contribution in [2.45, 2.75) is 31.0 Å². The minimum absolute atomic E-state index is 0.0549. The van der Waals surface area contributed by atoms with Gasteiger partial charge in [-0.2, -0.15) is 0 Å². The molecule has 0 fully saturated rings. The lowest BCUT2D eigenvalue weighted by atomic mass is 10.0. The Morgan fingerprint density at radius 2 is 1.84 bits per heavy atom. The quantitative estimate of drug-likeness (QED) is 0.364. The number of para-hydroxylation sites is 1. The molecule has 1 atom stereocenters. The Morgan fingerprint density at radius 1 is 1.06 bits per heavy atom. The minimum atomic E-state index is -0.254. The summed E-state index contributed by atoms with van der Waals surface area (Å²) in [5, 5.41) is 6.74. The molecular formula is C24H24N4OS2. The highest BCUT2D eigenvalue weighted by molar-refractivity contribution is 7.99. The molecule has 0 aliphatic heterocycles. The molecule has 1 N–H and O–H groups in total. The van der Waals surface area contributed by atoms with Gasteiger partial charge in [-0.1, -0.05) is 74.1 Å². The molecule has 2 aromatic carbocycles. The maximum atomic E-state index is 12.8. The van der Waals surface area contributed by atoms with Gasteiger partial charge in [-0.25, -0.2) is 9.97 Å². The fourth-order valence-corrected chi connectivity index (χ4v) is 4.91. The zero-order valence-electron chi connectivity index (χ0n) is 17.4. The Morgan fingerprint density at radius 3 is 2.58 bits per heavy atom. The van der Waals surface area contributed by atoms with Gasteiger partial charge in [0.05, 0.1) is 11.4 Å². The van der Waals surface area contributed by atoms with Gasteiger partial charge in [0.25, 0.3) is 0 Å². The van der Waals surface area contributed by atoms with Crippen LogP contribution in [0.15, 0.2) is 83.7 Å². The van der Waals surface area contributed by atoms with Crippen LogP contribution in [0.5, 0.6) is 0 Å². The van der Waals surface area contributed by atoms with E-state index >= 15 is 0 Å². The predicted molar refractivity (Wildman–Crippen MR) is 127 cm³/mol. The number of carbonyl (C=O) groups excluding carboxylic acids is 1. The zero-order chi connectivity index (χ0) is 21.6. The van der Waals surface area contributed by atoms with E-state index in [9.17, 15) is 4.79 Å². The van der Waals surface area contributed by atoms with Crippen LogP contribution in [0.4, 0.5) is 0 Å². The summed E-state index contributed by atoms with van der Waals surface area (Å²) in [6.07, 6.45) is 5.49. The van der Waals surface area contributed by atoms with Crippen LogP contribution < -0.4 is 5.32 Å². The van der Waals surface area contributed by atoms with E-state index in [0.29, 0.717) is 5.92 Å². The molecule has 0 saturated carbocycles. The summed E-state index contributed by atoms with van der Waals surface area (Å²) < 4.78 is 2.06. The predicted octanol–water partition coefficient (Wildman–Crippen LogP) is 5.45. The molecule has 0 aliphatic rings. The van der Waals surface area contributed by atoms with Crippen molar-refractivity contribution in [3.8, 4) is 5.69 Å². The Labute approximate surface area is 190 Å². The first-order chi connectivity index (χ1) is 15.1. The van der Waals surface area contributed by atoms with Gasteiger partial charge in [0.1, 0.15) is 11.0 Å². The number of hydrogen-bond donors (Lipinski definition) is 1. The third-order valence-electron chi connectivity index (χ3n) is 4.89. The standard InChI is InChI=1S/C24H24N4OS2/c1-17(2)19-10-6-7-11-20(19)28-14-12-26-24(28)31-16-21(29)27-22(23-25-13-15-30-23)18-8-4-3-5-9-18/h3-15,17,22H,16H2,1-2H3,(H,27,29). The van der Waals surface area contributed by atoms with Crippen LogP contribution >= 0.6 is 23.1 Å². The number of hydrogen-bond acceptors (Lipinski definition) is 5. The van der Waals surface area contributed by atoms with E-state index in [-0.39, 0.29) is 17.7 Å². The average Bonchev–Trinajstić information content (AvgIpc) is 3.49. The molecule has 2 heterocycles. The summed E-state index contributed by atoms with van der Waals surface area (Å²) in [4.78, 5) is 21.8. The molecule has 4 aromatic rings. The van der Waals surface area contributed by atoms with Gasteiger partial charge in [-0.05, 0) is 23.1 Å². The second-order valence-electron chi connectivity index (χ2n) is 7.36. The Hall–Kier alpha value is -2.90. The summed E-state index contributed by atoms with van der Waals surface area (Å²) in [6, 6.07) is 18.0. The van der Waals surface area contributed by atoms with Gasteiger partial charge in [0.2, 0.25) is 5.91 Å². The molecule has 1 unspecified atom stereocenters. The van der Waals surface area contributed by atoms with Crippen molar-refractivity contribution in [2.24, 2.45) is 0 Å². The molecule has 2 aromatic heterocycles. The van der Waals surface area contributed by atoms with Crippen molar-refractivity contribution < 1.29 is 4.79 Å². The summed E-state index contributed by atoms with van der Waals surface area (Å²) >= 11 is 2.97. The lowest BCUT2D eigenvalue weighted by Gasteiger charge is -2.17.